The van der Waals surface area contributed by atoms with E-state index in [0.717, 1.165) is 89.7 Å². The number of pyridine rings is 4. The maximum atomic E-state index is 4.77. The molecular weight excluding hydrogens is 1020 g/mol. The maximum absolute atomic E-state index is 4.77. The minimum atomic E-state index is 0.953. The van der Waals surface area contributed by atoms with Crippen LogP contribution in [-0.4, -0.2) is 29.1 Å². The number of nitrogens with zero attached hydrogens (tertiary/aromatic N) is 6. The first-order chi connectivity index (χ1) is 40.6. The monoisotopic (exact) mass is 1070 g/mol. The van der Waals surface area contributed by atoms with Gasteiger partial charge in [0.2, 0.25) is 0 Å². The van der Waals surface area contributed by atoms with Crippen molar-refractivity contribution in [2.24, 2.45) is 0 Å². The molecule has 0 aliphatic heterocycles. The number of hydrogen-bond acceptors (Lipinski definition) is 5. The number of fused-ring (bicyclic) bond motifs is 9. The van der Waals surface area contributed by atoms with Gasteiger partial charge in [-0.25, -0.2) is 0 Å². The van der Waals surface area contributed by atoms with E-state index in [-0.39, 0.29) is 0 Å². The molecule has 0 spiro atoms. The molecule has 7 heterocycles. The van der Waals surface area contributed by atoms with Gasteiger partial charge in [0, 0.05) is 100 Å². The Balaban J connectivity index is 0.000000768. The average molecular weight is 1070 g/mol. The summed E-state index contributed by atoms with van der Waals surface area (Å²) in [4.78, 5) is 18.2. The summed E-state index contributed by atoms with van der Waals surface area (Å²) in [7, 11) is 0. The van der Waals surface area contributed by atoms with Gasteiger partial charge >= 0.3 is 0 Å². The van der Waals surface area contributed by atoms with Crippen LogP contribution in [0.4, 0.5) is 0 Å². The molecule has 7 aromatic heterocycles. The molecule has 386 valence electrons. The first kappa shape index (κ1) is 48.5. The van der Waals surface area contributed by atoms with Crippen molar-refractivity contribution in [3.05, 3.63) is 291 Å². The van der Waals surface area contributed by atoms with Gasteiger partial charge in [-0.2, -0.15) is 0 Å². The van der Waals surface area contributed by atoms with E-state index in [2.05, 4.69) is 239 Å². The first-order valence-electron chi connectivity index (χ1n) is 27.6. The number of hydrogen-bond donors (Lipinski definition) is 0. The molecule has 0 radical (unpaired) electrons. The second-order valence-corrected chi connectivity index (χ2v) is 21.7. The lowest BCUT2D eigenvalue weighted by atomic mass is 9.94. The molecule has 0 atom stereocenters. The Morgan fingerprint density at radius 1 is 0.268 bits per heavy atom. The van der Waals surface area contributed by atoms with Crippen molar-refractivity contribution in [1.29, 1.82) is 0 Å². The second kappa shape index (κ2) is 20.6. The summed E-state index contributed by atoms with van der Waals surface area (Å²) in [5.41, 5.74) is 21.1. The summed E-state index contributed by atoms with van der Waals surface area (Å²) in [6, 6.07) is 93.6. The summed E-state index contributed by atoms with van der Waals surface area (Å²) in [5.74, 6) is 0. The number of rotatable bonds is 8. The zero-order valence-corrected chi connectivity index (χ0v) is 45.5. The highest BCUT2D eigenvalue weighted by molar-refractivity contribution is 7.25. The molecule has 0 saturated heterocycles. The van der Waals surface area contributed by atoms with Crippen molar-refractivity contribution in [2.75, 3.05) is 0 Å². The smallest absolute Gasteiger partial charge is 0.0708 e. The van der Waals surface area contributed by atoms with Gasteiger partial charge in [0.25, 0.3) is 0 Å². The quantitative estimate of drug-likeness (QED) is 0.152. The van der Waals surface area contributed by atoms with Crippen LogP contribution >= 0.6 is 11.3 Å². The van der Waals surface area contributed by atoms with Crippen LogP contribution in [0.25, 0.3) is 142 Å². The van der Waals surface area contributed by atoms with Crippen LogP contribution in [-0.2, 0) is 0 Å². The number of aromatic nitrogens is 6. The zero-order chi connectivity index (χ0) is 54.5. The summed E-state index contributed by atoms with van der Waals surface area (Å²) in [5, 5.41) is 7.28. The van der Waals surface area contributed by atoms with E-state index in [1.54, 1.807) is 6.20 Å². The maximum Gasteiger partial charge on any atom is 0.0708 e. The lowest BCUT2D eigenvalue weighted by Crippen LogP contribution is -1.94. The molecule has 0 amide bonds. The largest absolute Gasteiger partial charge is 0.309 e. The van der Waals surface area contributed by atoms with E-state index < -0.39 is 0 Å². The molecule has 0 aliphatic rings. The van der Waals surface area contributed by atoms with Gasteiger partial charge < -0.3 is 9.13 Å². The molecule has 6 nitrogen and oxygen atoms in total. The molecule has 16 aromatic rings. The Labute approximate surface area is 478 Å². The summed E-state index contributed by atoms with van der Waals surface area (Å²) in [6.07, 6.45) is 7.39. The highest BCUT2D eigenvalue weighted by atomic mass is 32.1. The van der Waals surface area contributed by atoms with E-state index in [9.17, 15) is 0 Å². The first-order valence-corrected chi connectivity index (χ1v) is 28.4. The van der Waals surface area contributed by atoms with Crippen LogP contribution in [0.2, 0.25) is 0 Å². The zero-order valence-electron chi connectivity index (χ0n) is 44.7. The topological polar surface area (TPSA) is 61.4 Å². The molecule has 7 heteroatoms. The highest BCUT2D eigenvalue weighted by Gasteiger charge is 2.20. The average Bonchev–Trinajstić information content (AvgIpc) is 4.28. The standard InChI is InChI=1S/C69H43N5S.C6H7N/c1-4-18-52(61-22-9-12-36-70-61)49(15-1)44-26-31-65-56(39-44)55-21-7-8-25-64(55)73(65)47-29-34-68-59(42-47)60-43-48(30-35-69(60)75-68)74-66-32-27-45(50-16-2-5-19-53(50)62-23-10-13-37-71-62)40-57(66)58-41-46(28-33-67(58)74)51-17-3-6-20-54(51)63-24-11-14-38-72-63;1-6-4-2-3-5-7-6/h1-43H;2-5H,1H3. The molecule has 0 saturated carbocycles. The van der Waals surface area contributed by atoms with Crippen molar-refractivity contribution in [3.63, 3.8) is 0 Å². The van der Waals surface area contributed by atoms with Crippen molar-refractivity contribution < 1.29 is 0 Å². The number of benzene rings is 9. The van der Waals surface area contributed by atoms with Gasteiger partial charge in [0.05, 0.1) is 39.1 Å². The molecule has 82 heavy (non-hydrogen) atoms. The summed E-state index contributed by atoms with van der Waals surface area (Å²) >= 11 is 1.85. The van der Waals surface area contributed by atoms with E-state index in [4.69, 9.17) is 15.0 Å². The fourth-order valence-corrected chi connectivity index (χ4v) is 13.0. The number of thiophene rings is 1. The van der Waals surface area contributed by atoms with E-state index in [1.807, 2.05) is 73.2 Å². The molecule has 0 N–H and O–H groups in total. The van der Waals surface area contributed by atoms with Gasteiger partial charge in [-0.15, -0.1) is 11.3 Å². The predicted octanol–water partition coefficient (Wildman–Crippen LogP) is 19.8. The van der Waals surface area contributed by atoms with E-state index in [1.165, 1.54) is 58.3 Å². The predicted molar refractivity (Wildman–Crippen MR) is 343 cm³/mol. The Kier molecular flexibility index (Phi) is 12.2. The van der Waals surface area contributed by atoms with Crippen LogP contribution in [0, 0.1) is 6.92 Å². The van der Waals surface area contributed by atoms with Gasteiger partial charge in [-0.05, 0) is 168 Å². The third-order valence-corrected chi connectivity index (χ3v) is 16.9. The lowest BCUT2D eigenvalue weighted by Gasteiger charge is -2.12. The van der Waals surface area contributed by atoms with E-state index in [0.29, 0.717) is 0 Å². The third kappa shape index (κ3) is 8.59. The van der Waals surface area contributed by atoms with Gasteiger partial charge in [0.1, 0.15) is 0 Å². The highest BCUT2D eigenvalue weighted by Crippen LogP contribution is 2.44. The Bertz CT molecular complexity index is 4900. The van der Waals surface area contributed by atoms with Crippen LogP contribution in [0.3, 0.4) is 0 Å². The Morgan fingerprint density at radius 3 is 1.00 bits per heavy atom. The molecule has 16 rings (SSSR count). The second-order valence-electron chi connectivity index (χ2n) is 20.6. The fourth-order valence-electron chi connectivity index (χ4n) is 12.0. The molecule has 9 aromatic carbocycles. The van der Waals surface area contributed by atoms with Crippen LogP contribution in [0.15, 0.2) is 286 Å². The fraction of sp³-hybridized carbons (Fsp3) is 0.0133. The van der Waals surface area contributed by atoms with Gasteiger partial charge in [0.15, 0.2) is 0 Å². The van der Waals surface area contributed by atoms with Gasteiger partial charge in [-0.1, -0.05) is 133 Å². The van der Waals surface area contributed by atoms with Crippen molar-refractivity contribution in [3.8, 4) is 78.5 Å². The Hall–Kier alpha value is -10.6. The molecule has 0 aliphatic carbocycles. The SMILES string of the molecule is Cc1ccccn1.c1ccc(-c2ccccc2-c2ccc3c(c2)c2ccccc2n3-c2ccc3sc4ccc(-n5c6ccc(-c7ccccc7-c7ccccn7)cc6c6cc(-c7ccccc7-c7ccccn7)ccc65)cc4c3c2)nc1. The van der Waals surface area contributed by atoms with Crippen LogP contribution < -0.4 is 0 Å². The molecule has 0 unspecified atom stereocenters. The number of para-hydroxylation sites is 1. The van der Waals surface area contributed by atoms with Crippen molar-refractivity contribution in [1.82, 2.24) is 29.1 Å². The molecule has 0 fully saturated rings. The molecular formula is C75H50N6S. The van der Waals surface area contributed by atoms with Crippen molar-refractivity contribution >= 4 is 75.1 Å². The minimum Gasteiger partial charge on any atom is -0.309 e. The summed E-state index contributed by atoms with van der Waals surface area (Å²) in [6.45, 7) is 1.97. The normalized spacial score (nSPS) is 11.5. The van der Waals surface area contributed by atoms with Gasteiger partial charge in [-0.3, -0.25) is 19.9 Å². The minimum absolute atomic E-state index is 0.953. The third-order valence-electron chi connectivity index (χ3n) is 15.7. The lowest BCUT2D eigenvalue weighted by molar-refractivity contribution is 1.18. The number of aryl methyl sites for hydroxylation is 1. The van der Waals surface area contributed by atoms with E-state index >= 15 is 0 Å². The molecule has 0 bridgehead atoms. The van der Waals surface area contributed by atoms with Crippen molar-refractivity contribution in [2.45, 2.75) is 6.92 Å². The summed E-state index contributed by atoms with van der Waals surface area (Å²) < 4.78 is 7.41. The van der Waals surface area contributed by atoms with Crippen LogP contribution in [0.5, 0.6) is 0 Å². The Morgan fingerprint density at radius 2 is 0.622 bits per heavy atom. The van der Waals surface area contributed by atoms with Crippen LogP contribution in [0.1, 0.15) is 5.69 Å².